The van der Waals surface area contributed by atoms with Crippen LogP contribution in [-0.2, 0) is 0 Å². The van der Waals surface area contributed by atoms with E-state index in [0.29, 0.717) is 5.65 Å². The molecule has 3 rings (SSSR count). The number of nitrogens with one attached hydrogen (secondary N) is 2. The Hall–Kier alpha value is -1.76. The summed E-state index contributed by atoms with van der Waals surface area (Å²) < 4.78 is 1.67. The van der Waals surface area contributed by atoms with E-state index in [1.54, 1.807) is 16.9 Å². The lowest BCUT2D eigenvalue weighted by Gasteiger charge is -2.34. The van der Waals surface area contributed by atoms with Crippen LogP contribution in [0.2, 0.25) is 0 Å². The number of piperidine rings is 1. The minimum absolute atomic E-state index is 0.272. The Morgan fingerprint density at radius 1 is 1.50 bits per heavy atom. The highest BCUT2D eigenvalue weighted by molar-refractivity contribution is 5.43. The Kier molecular flexibility index (Phi) is 2.83. The fourth-order valence-corrected chi connectivity index (χ4v) is 2.37. The van der Waals surface area contributed by atoms with Gasteiger partial charge in [0.05, 0.1) is 12.4 Å². The molecule has 1 aliphatic heterocycles. The van der Waals surface area contributed by atoms with Crippen LogP contribution in [-0.4, -0.2) is 44.7 Å². The van der Waals surface area contributed by atoms with Crippen LogP contribution in [0.4, 0.5) is 5.82 Å². The molecule has 2 N–H and O–H groups in total. The van der Waals surface area contributed by atoms with Crippen molar-refractivity contribution in [2.24, 2.45) is 5.41 Å². The number of hydrogen-bond donors (Lipinski definition) is 2. The van der Waals surface area contributed by atoms with Gasteiger partial charge in [-0.3, -0.25) is 4.98 Å². The number of hydrogen-bond acceptors (Lipinski definition) is 6. The first kappa shape index (κ1) is 11.3. The summed E-state index contributed by atoms with van der Waals surface area (Å²) in [6.45, 7) is 5.35. The Morgan fingerprint density at radius 3 is 3.28 bits per heavy atom. The van der Waals surface area contributed by atoms with Crippen molar-refractivity contribution in [2.45, 2.75) is 19.8 Å². The zero-order chi connectivity index (χ0) is 12.4. The summed E-state index contributed by atoms with van der Waals surface area (Å²) in [7, 11) is 0. The van der Waals surface area contributed by atoms with Gasteiger partial charge in [0.15, 0.2) is 5.65 Å². The normalized spacial score (nSPS) is 24.3. The van der Waals surface area contributed by atoms with Gasteiger partial charge >= 0.3 is 0 Å². The van der Waals surface area contributed by atoms with Gasteiger partial charge in [-0.1, -0.05) is 6.92 Å². The molecule has 0 radical (unpaired) electrons. The fraction of sp³-hybridized carbons (Fsp3) is 0.636. The van der Waals surface area contributed by atoms with Crippen molar-refractivity contribution in [2.75, 3.05) is 25.0 Å². The Labute approximate surface area is 105 Å². The summed E-state index contributed by atoms with van der Waals surface area (Å²) in [5.41, 5.74) is 0.931. The van der Waals surface area contributed by atoms with Gasteiger partial charge in [0.1, 0.15) is 5.82 Å². The lowest BCUT2D eigenvalue weighted by atomic mass is 9.83. The van der Waals surface area contributed by atoms with E-state index in [-0.39, 0.29) is 5.41 Å². The van der Waals surface area contributed by atoms with Crippen LogP contribution < -0.4 is 10.6 Å². The summed E-state index contributed by atoms with van der Waals surface area (Å²) in [5.74, 6) is 0.837. The van der Waals surface area contributed by atoms with Crippen molar-refractivity contribution in [1.29, 1.82) is 0 Å². The van der Waals surface area contributed by atoms with E-state index in [9.17, 15) is 0 Å². The quantitative estimate of drug-likeness (QED) is 0.813. The third-order valence-electron chi connectivity index (χ3n) is 3.49. The van der Waals surface area contributed by atoms with Crippen LogP contribution in [0.3, 0.4) is 0 Å². The van der Waals surface area contributed by atoms with Crippen LogP contribution in [0, 0.1) is 5.41 Å². The molecule has 0 aromatic carbocycles. The van der Waals surface area contributed by atoms with Crippen LogP contribution in [0.5, 0.6) is 0 Å². The van der Waals surface area contributed by atoms with Crippen LogP contribution >= 0.6 is 0 Å². The minimum Gasteiger partial charge on any atom is -0.368 e. The average Bonchev–Trinajstić information content (AvgIpc) is 2.86. The highest BCUT2D eigenvalue weighted by atomic mass is 15.5. The number of anilines is 1. The summed E-state index contributed by atoms with van der Waals surface area (Å²) >= 11 is 0. The van der Waals surface area contributed by atoms with Crippen molar-refractivity contribution in [3.05, 3.63) is 12.4 Å². The van der Waals surface area contributed by atoms with E-state index in [0.717, 1.165) is 25.5 Å². The predicted molar refractivity (Wildman–Crippen MR) is 67.3 cm³/mol. The maximum absolute atomic E-state index is 4.13. The molecule has 1 unspecified atom stereocenters. The molecule has 0 aliphatic carbocycles. The molecule has 2 aromatic heterocycles. The first-order valence-electron chi connectivity index (χ1n) is 6.24. The second-order valence-corrected chi connectivity index (χ2v) is 5.19. The molecule has 1 aliphatic rings. The Bertz CT molecular complexity index is 529. The van der Waals surface area contributed by atoms with E-state index in [4.69, 9.17) is 0 Å². The van der Waals surface area contributed by atoms with Gasteiger partial charge in [-0.05, 0) is 35.2 Å². The molecule has 1 fully saturated rings. The molecule has 18 heavy (non-hydrogen) atoms. The maximum atomic E-state index is 4.13. The lowest BCUT2D eigenvalue weighted by molar-refractivity contribution is 0.253. The van der Waals surface area contributed by atoms with Gasteiger partial charge in [0.2, 0.25) is 0 Å². The Balaban J connectivity index is 1.74. The maximum Gasteiger partial charge on any atom is 0.199 e. The Morgan fingerprint density at radius 2 is 2.44 bits per heavy atom. The van der Waals surface area contributed by atoms with Gasteiger partial charge in [-0.25, -0.2) is 0 Å². The third-order valence-corrected chi connectivity index (χ3v) is 3.49. The molecule has 0 spiro atoms. The molecule has 3 heterocycles. The zero-order valence-electron chi connectivity index (χ0n) is 10.4. The van der Waals surface area contributed by atoms with E-state index in [2.05, 4.69) is 38.1 Å². The first-order valence-corrected chi connectivity index (χ1v) is 6.24. The average molecular weight is 247 g/mol. The van der Waals surface area contributed by atoms with Gasteiger partial charge in [0.25, 0.3) is 0 Å². The molecule has 0 amide bonds. The van der Waals surface area contributed by atoms with Gasteiger partial charge in [-0.2, -0.15) is 4.52 Å². The fourth-order valence-electron chi connectivity index (χ4n) is 2.37. The molecular formula is C11H17N7. The summed E-state index contributed by atoms with van der Waals surface area (Å²) in [4.78, 5) is 4.13. The van der Waals surface area contributed by atoms with Gasteiger partial charge in [-0.15, -0.1) is 5.10 Å². The third kappa shape index (κ3) is 2.13. The zero-order valence-corrected chi connectivity index (χ0v) is 10.4. The first-order chi connectivity index (χ1) is 8.77. The van der Waals surface area contributed by atoms with Crippen molar-refractivity contribution < 1.29 is 0 Å². The molecule has 0 saturated carbocycles. The van der Waals surface area contributed by atoms with Crippen molar-refractivity contribution >= 4 is 11.5 Å². The monoisotopic (exact) mass is 247 g/mol. The number of rotatable bonds is 3. The summed E-state index contributed by atoms with van der Waals surface area (Å²) in [6, 6.07) is 0. The van der Waals surface area contributed by atoms with E-state index >= 15 is 0 Å². The standard InChI is InChI=1S/C11H17N7/c1-11(3-2-4-12-7-11)8-14-9-5-13-6-10-15-16-17-18(9)10/h5-6,12,14H,2-4,7-8H2,1H3. The van der Waals surface area contributed by atoms with Crippen molar-refractivity contribution in [1.82, 2.24) is 30.3 Å². The molecule has 7 heteroatoms. The minimum atomic E-state index is 0.272. The predicted octanol–water partition coefficient (Wildman–Crippen LogP) is 0.321. The highest BCUT2D eigenvalue weighted by Crippen LogP contribution is 2.25. The summed E-state index contributed by atoms with van der Waals surface area (Å²) in [6.07, 6.45) is 5.86. The van der Waals surface area contributed by atoms with E-state index < -0.39 is 0 Å². The lowest BCUT2D eigenvalue weighted by Crippen LogP contribution is -2.42. The molecule has 0 bridgehead atoms. The van der Waals surface area contributed by atoms with E-state index in [1.807, 2.05) is 0 Å². The SMILES string of the molecule is CC1(CNc2cncc3nnnn23)CCCNC1. The largest absolute Gasteiger partial charge is 0.368 e. The molecule has 2 aromatic rings. The topological polar surface area (TPSA) is 80.0 Å². The van der Waals surface area contributed by atoms with Crippen LogP contribution in [0.25, 0.3) is 5.65 Å². The molecule has 96 valence electrons. The van der Waals surface area contributed by atoms with Gasteiger partial charge < -0.3 is 10.6 Å². The second-order valence-electron chi connectivity index (χ2n) is 5.19. The number of fused-ring (bicyclic) bond motifs is 1. The molecular weight excluding hydrogens is 230 g/mol. The van der Waals surface area contributed by atoms with Gasteiger partial charge in [0, 0.05) is 13.1 Å². The summed E-state index contributed by atoms with van der Waals surface area (Å²) in [5, 5.41) is 18.3. The molecule has 1 atom stereocenters. The van der Waals surface area contributed by atoms with Crippen molar-refractivity contribution in [3.8, 4) is 0 Å². The molecule has 1 saturated heterocycles. The van der Waals surface area contributed by atoms with E-state index in [1.165, 1.54) is 12.8 Å². The second kappa shape index (κ2) is 4.49. The number of tetrazole rings is 1. The van der Waals surface area contributed by atoms with Crippen LogP contribution in [0.15, 0.2) is 12.4 Å². The smallest absolute Gasteiger partial charge is 0.199 e. The van der Waals surface area contributed by atoms with Crippen molar-refractivity contribution in [3.63, 3.8) is 0 Å². The van der Waals surface area contributed by atoms with Crippen LogP contribution in [0.1, 0.15) is 19.8 Å². The number of aromatic nitrogens is 5. The number of nitrogens with zero attached hydrogens (tertiary/aromatic N) is 5. The molecule has 7 nitrogen and oxygen atoms in total. The highest BCUT2D eigenvalue weighted by Gasteiger charge is 2.26.